The zero-order chi connectivity index (χ0) is 15.3. The first kappa shape index (κ1) is 13.5. The van der Waals surface area contributed by atoms with Gasteiger partial charge in [-0.2, -0.15) is 0 Å². The number of amides is 3. The third-order valence-electron chi connectivity index (χ3n) is 4.98. The highest BCUT2D eigenvalue weighted by atomic mass is 16.2. The fourth-order valence-electron chi connectivity index (χ4n) is 3.59. The van der Waals surface area contributed by atoms with Gasteiger partial charge in [-0.3, -0.25) is 19.3 Å². The van der Waals surface area contributed by atoms with Crippen molar-refractivity contribution >= 4 is 17.7 Å². The van der Waals surface area contributed by atoms with E-state index in [0.717, 1.165) is 24.9 Å². The Balaban J connectivity index is 1.32. The van der Waals surface area contributed by atoms with Crippen molar-refractivity contribution in [1.82, 2.24) is 9.80 Å². The second-order valence-corrected chi connectivity index (χ2v) is 6.47. The fraction of sp³-hybridized carbons (Fsp3) is 0.471. The van der Waals surface area contributed by atoms with Crippen LogP contribution in [0, 0.1) is 11.8 Å². The highest BCUT2D eigenvalue weighted by molar-refractivity contribution is 6.21. The highest BCUT2D eigenvalue weighted by Crippen LogP contribution is 2.45. The third kappa shape index (κ3) is 2.12. The fourth-order valence-corrected chi connectivity index (χ4v) is 3.59. The molecule has 2 atom stereocenters. The van der Waals surface area contributed by atoms with Gasteiger partial charge in [0.25, 0.3) is 11.8 Å². The van der Waals surface area contributed by atoms with Gasteiger partial charge in [-0.25, -0.2) is 0 Å². The van der Waals surface area contributed by atoms with Gasteiger partial charge in [-0.05, 0) is 36.8 Å². The van der Waals surface area contributed by atoms with Crippen LogP contribution in [-0.4, -0.2) is 47.2 Å². The van der Waals surface area contributed by atoms with E-state index in [9.17, 15) is 14.4 Å². The van der Waals surface area contributed by atoms with E-state index in [2.05, 4.69) is 0 Å². The summed E-state index contributed by atoms with van der Waals surface area (Å²) >= 11 is 0. The SMILES string of the molecule is O=C(CCCN1C(=O)c2ccccc2C1=O)N1CC2CC2C1. The molecule has 1 saturated carbocycles. The number of piperidine rings is 1. The Hall–Kier alpha value is -2.17. The number of benzene rings is 1. The molecular weight excluding hydrogens is 280 g/mol. The quantitative estimate of drug-likeness (QED) is 0.792. The Labute approximate surface area is 128 Å². The standard InChI is InChI=1S/C17H18N2O3/c20-15(18-9-11-8-12(11)10-18)6-3-7-19-16(21)13-4-1-2-5-14(13)17(19)22/h1-2,4-5,11-12H,3,6-10H2. The first-order chi connectivity index (χ1) is 10.6. The van der Waals surface area contributed by atoms with E-state index in [0.29, 0.717) is 30.5 Å². The molecule has 2 heterocycles. The number of carbonyl (C=O) groups excluding carboxylic acids is 3. The van der Waals surface area contributed by atoms with Crippen molar-refractivity contribution in [2.45, 2.75) is 19.3 Å². The molecule has 22 heavy (non-hydrogen) atoms. The molecule has 1 aromatic carbocycles. The molecule has 0 radical (unpaired) electrons. The van der Waals surface area contributed by atoms with E-state index in [1.165, 1.54) is 11.3 Å². The molecule has 2 aliphatic heterocycles. The topological polar surface area (TPSA) is 57.7 Å². The average molecular weight is 298 g/mol. The van der Waals surface area contributed by atoms with Crippen LogP contribution in [0.5, 0.6) is 0 Å². The van der Waals surface area contributed by atoms with Gasteiger partial charge in [0.15, 0.2) is 0 Å². The predicted octanol–water partition coefficient (Wildman–Crippen LogP) is 1.54. The number of nitrogens with zero attached hydrogens (tertiary/aromatic N) is 2. The second-order valence-electron chi connectivity index (χ2n) is 6.47. The summed E-state index contributed by atoms with van der Waals surface area (Å²) in [5.74, 6) is 1.15. The maximum absolute atomic E-state index is 12.2. The van der Waals surface area contributed by atoms with Crippen LogP contribution in [-0.2, 0) is 4.79 Å². The first-order valence-electron chi connectivity index (χ1n) is 7.88. The van der Waals surface area contributed by atoms with Crippen LogP contribution in [0.25, 0.3) is 0 Å². The molecular formula is C17H18N2O3. The molecule has 5 nitrogen and oxygen atoms in total. The second kappa shape index (κ2) is 4.93. The molecule has 0 aromatic heterocycles. The largest absolute Gasteiger partial charge is 0.342 e. The van der Waals surface area contributed by atoms with Crippen LogP contribution in [0.4, 0.5) is 0 Å². The summed E-state index contributed by atoms with van der Waals surface area (Å²) in [4.78, 5) is 39.7. The zero-order valence-corrected chi connectivity index (χ0v) is 12.3. The number of hydrogen-bond acceptors (Lipinski definition) is 3. The van der Waals surface area contributed by atoms with Crippen LogP contribution in [0.2, 0.25) is 0 Å². The van der Waals surface area contributed by atoms with Gasteiger partial charge in [0, 0.05) is 26.1 Å². The molecule has 0 N–H and O–H groups in total. The number of imide groups is 1. The average Bonchev–Trinajstić information content (AvgIpc) is 3.07. The Morgan fingerprint density at radius 2 is 1.64 bits per heavy atom. The Morgan fingerprint density at radius 1 is 1.05 bits per heavy atom. The van der Waals surface area contributed by atoms with E-state index < -0.39 is 0 Å². The van der Waals surface area contributed by atoms with E-state index in [1.807, 2.05) is 4.90 Å². The normalized spacial score (nSPS) is 25.5. The molecule has 5 heteroatoms. The lowest BCUT2D eigenvalue weighted by Gasteiger charge is -2.19. The number of rotatable bonds is 4. The van der Waals surface area contributed by atoms with Gasteiger partial charge in [0.05, 0.1) is 11.1 Å². The maximum atomic E-state index is 12.2. The minimum absolute atomic E-state index is 0.156. The number of carbonyl (C=O) groups is 3. The lowest BCUT2D eigenvalue weighted by Crippen LogP contribution is -2.33. The molecule has 3 amide bonds. The van der Waals surface area contributed by atoms with Crippen LogP contribution in [0.3, 0.4) is 0 Å². The van der Waals surface area contributed by atoms with E-state index in [4.69, 9.17) is 0 Å². The minimum atomic E-state index is -0.240. The van der Waals surface area contributed by atoms with Gasteiger partial charge in [0.2, 0.25) is 5.91 Å². The molecule has 0 spiro atoms. The van der Waals surface area contributed by atoms with Crippen LogP contribution < -0.4 is 0 Å². The summed E-state index contributed by atoms with van der Waals surface area (Å²) in [6, 6.07) is 6.87. The number of hydrogen-bond donors (Lipinski definition) is 0. The number of likely N-dealkylation sites (tertiary alicyclic amines) is 1. The molecule has 114 valence electrons. The Kier molecular flexibility index (Phi) is 3.03. The third-order valence-corrected chi connectivity index (χ3v) is 4.98. The van der Waals surface area contributed by atoms with Crippen LogP contribution in [0.15, 0.2) is 24.3 Å². The summed E-state index contributed by atoms with van der Waals surface area (Å²) < 4.78 is 0. The van der Waals surface area contributed by atoms with E-state index >= 15 is 0 Å². The molecule has 2 unspecified atom stereocenters. The van der Waals surface area contributed by atoms with Gasteiger partial charge in [-0.1, -0.05) is 12.1 Å². The van der Waals surface area contributed by atoms with Crippen molar-refractivity contribution in [1.29, 1.82) is 0 Å². The van der Waals surface area contributed by atoms with E-state index in [-0.39, 0.29) is 17.7 Å². The summed E-state index contributed by atoms with van der Waals surface area (Å²) in [6.07, 6.45) is 2.22. The first-order valence-corrected chi connectivity index (χ1v) is 7.88. The van der Waals surface area contributed by atoms with Crippen molar-refractivity contribution in [3.05, 3.63) is 35.4 Å². The number of fused-ring (bicyclic) bond motifs is 2. The van der Waals surface area contributed by atoms with Crippen molar-refractivity contribution in [2.24, 2.45) is 11.8 Å². The zero-order valence-electron chi connectivity index (χ0n) is 12.3. The van der Waals surface area contributed by atoms with Crippen molar-refractivity contribution < 1.29 is 14.4 Å². The summed E-state index contributed by atoms with van der Waals surface area (Å²) in [5.41, 5.74) is 0.942. The summed E-state index contributed by atoms with van der Waals surface area (Å²) in [7, 11) is 0. The molecule has 2 fully saturated rings. The van der Waals surface area contributed by atoms with Gasteiger partial charge >= 0.3 is 0 Å². The molecule has 1 aliphatic carbocycles. The smallest absolute Gasteiger partial charge is 0.261 e. The highest BCUT2D eigenvalue weighted by Gasteiger charge is 2.46. The monoisotopic (exact) mass is 298 g/mol. The lowest BCUT2D eigenvalue weighted by atomic mass is 10.1. The molecule has 4 rings (SSSR count). The maximum Gasteiger partial charge on any atom is 0.261 e. The molecule has 1 aromatic rings. The van der Waals surface area contributed by atoms with Gasteiger partial charge in [0.1, 0.15) is 0 Å². The van der Waals surface area contributed by atoms with Crippen LogP contribution >= 0.6 is 0 Å². The van der Waals surface area contributed by atoms with Crippen molar-refractivity contribution in [2.75, 3.05) is 19.6 Å². The molecule has 1 saturated heterocycles. The van der Waals surface area contributed by atoms with Gasteiger partial charge in [-0.15, -0.1) is 0 Å². The Morgan fingerprint density at radius 3 is 2.23 bits per heavy atom. The van der Waals surface area contributed by atoms with Gasteiger partial charge < -0.3 is 4.90 Å². The predicted molar refractivity (Wildman–Crippen MR) is 79.2 cm³/mol. The molecule has 0 bridgehead atoms. The minimum Gasteiger partial charge on any atom is -0.342 e. The van der Waals surface area contributed by atoms with Crippen molar-refractivity contribution in [3.8, 4) is 0 Å². The van der Waals surface area contributed by atoms with Crippen LogP contribution in [0.1, 0.15) is 40.0 Å². The molecule has 3 aliphatic rings. The summed E-state index contributed by atoms with van der Waals surface area (Å²) in [6.45, 7) is 2.12. The summed E-state index contributed by atoms with van der Waals surface area (Å²) in [5, 5.41) is 0. The Bertz CT molecular complexity index is 625. The van der Waals surface area contributed by atoms with E-state index in [1.54, 1.807) is 24.3 Å². The van der Waals surface area contributed by atoms with Crippen molar-refractivity contribution in [3.63, 3.8) is 0 Å². The lowest BCUT2D eigenvalue weighted by molar-refractivity contribution is -0.130.